The first-order valence-corrected chi connectivity index (χ1v) is 11.8. The molecule has 0 spiro atoms. The minimum atomic E-state index is -0.108. The number of nitrogens with one attached hydrogen (secondary N) is 1. The largest absolute Gasteiger partial charge is 0.491 e. The Balaban J connectivity index is 1.28. The van der Waals surface area contributed by atoms with Gasteiger partial charge in [-0.3, -0.25) is 4.79 Å². The number of nitrogens with two attached hydrogens (primary N) is 1. The molecule has 1 aromatic carbocycles. The molecular formula is C25H29N5O3. The van der Waals surface area contributed by atoms with Crippen LogP contribution in [-0.4, -0.2) is 44.8 Å². The van der Waals surface area contributed by atoms with Crippen LogP contribution in [0.2, 0.25) is 0 Å². The highest BCUT2D eigenvalue weighted by molar-refractivity contribution is 6.00. The van der Waals surface area contributed by atoms with E-state index in [-0.39, 0.29) is 23.6 Å². The number of hydrogen-bond acceptors (Lipinski definition) is 6. The van der Waals surface area contributed by atoms with Gasteiger partial charge in [0.1, 0.15) is 35.7 Å². The van der Waals surface area contributed by atoms with Gasteiger partial charge in [-0.25, -0.2) is 9.97 Å². The Hall–Kier alpha value is -3.13. The second-order valence-electron chi connectivity index (χ2n) is 9.75. The molecule has 8 heteroatoms. The second kappa shape index (κ2) is 7.73. The van der Waals surface area contributed by atoms with E-state index in [1.165, 1.54) is 6.33 Å². The molecule has 1 amide bonds. The molecule has 1 aliphatic carbocycles. The van der Waals surface area contributed by atoms with Gasteiger partial charge in [-0.05, 0) is 56.2 Å². The zero-order chi connectivity index (χ0) is 22.6. The minimum absolute atomic E-state index is 0.00977. The summed E-state index contributed by atoms with van der Waals surface area (Å²) in [6.07, 6.45) is 10.3. The molecule has 33 heavy (non-hydrogen) atoms. The fourth-order valence-electron chi connectivity index (χ4n) is 5.68. The van der Waals surface area contributed by atoms with Crippen molar-refractivity contribution in [3.8, 4) is 16.9 Å². The van der Waals surface area contributed by atoms with E-state index in [4.69, 9.17) is 15.2 Å². The number of carbonyl (C=O) groups excluding carboxylic acids is 1. The van der Waals surface area contributed by atoms with Gasteiger partial charge in [0.2, 0.25) is 5.91 Å². The highest BCUT2D eigenvalue weighted by Gasteiger charge is 2.46. The molecule has 4 heterocycles. The zero-order valence-corrected chi connectivity index (χ0v) is 18.8. The minimum Gasteiger partial charge on any atom is -0.491 e. The monoisotopic (exact) mass is 447 g/mol. The lowest BCUT2D eigenvalue weighted by Gasteiger charge is -2.36. The van der Waals surface area contributed by atoms with Crippen molar-refractivity contribution in [2.75, 3.05) is 12.3 Å². The normalized spacial score (nSPS) is 28.1. The van der Waals surface area contributed by atoms with Gasteiger partial charge in [-0.15, -0.1) is 0 Å². The summed E-state index contributed by atoms with van der Waals surface area (Å²) in [5, 5.41) is 3.85. The van der Waals surface area contributed by atoms with Crippen molar-refractivity contribution in [1.29, 1.82) is 0 Å². The van der Waals surface area contributed by atoms with Crippen LogP contribution in [0, 0.1) is 0 Å². The number of aromatic nitrogens is 3. The fourth-order valence-corrected chi connectivity index (χ4v) is 5.68. The molecule has 1 saturated carbocycles. The number of benzene rings is 1. The van der Waals surface area contributed by atoms with Crippen LogP contribution in [0.1, 0.15) is 51.5 Å². The molecule has 3 N–H and O–H groups in total. The van der Waals surface area contributed by atoms with Crippen molar-refractivity contribution in [3.05, 3.63) is 36.8 Å². The van der Waals surface area contributed by atoms with Crippen molar-refractivity contribution >= 4 is 22.8 Å². The van der Waals surface area contributed by atoms with Crippen molar-refractivity contribution in [1.82, 2.24) is 19.9 Å². The summed E-state index contributed by atoms with van der Waals surface area (Å²) in [6, 6.07) is 8.59. The summed E-state index contributed by atoms with van der Waals surface area (Å²) in [7, 11) is 0. The van der Waals surface area contributed by atoms with E-state index in [1.807, 2.05) is 12.1 Å². The van der Waals surface area contributed by atoms with Crippen molar-refractivity contribution in [2.45, 2.75) is 69.2 Å². The lowest BCUT2D eigenvalue weighted by molar-refractivity contribution is -0.120. The third kappa shape index (κ3) is 3.62. The van der Waals surface area contributed by atoms with E-state index in [0.29, 0.717) is 18.5 Å². The standard InChI is InChI=1S/C25H29N5O3/c1-15(31)29-17-10-18(11-17)30-12-21(22-23(26)27-14-28-24(22)30)16-3-2-4-20(9-16)32-13-25-7-5-19(33-25)6-8-25/h2-4,9,12,14,17-19H,5-8,10-11,13H2,1H3,(H,29,31)(H2,26,27,28)/t17-,18+,19?,25?. The van der Waals surface area contributed by atoms with Crippen LogP contribution < -0.4 is 15.8 Å². The quantitative estimate of drug-likeness (QED) is 0.598. The zero-order valence-electron chi connectivity index (χ0n) is 18.8. The van der Waals surface area contributed by atoms with Crippen molar-refractivity contribution in [3.63, 3.8) is 0 Å². The summed E-state index contributed by atoms with van der Waals surface area (Å²) >= 11 is 0. The number of rotatable bonds is 6. The van der Waals surface area contributed by atoms with Crippen LogP contribution in [0.25, 0.3) is 22.2 Å². The molecule has 3 aliphatic rings. The van der Waals surface area contributed by atoms with Crippen molar-refractivity contribution in [2.24, 2.45) is 0 Å². The van der Waals surface area contributed by atoms with E-state index in [0.717, 1.165) is 66.4 Å². The highest BCUT2D eigenvalue weighted by Crippen LogP contribution is 2.44. The first kappa shape index (κ1) is 20.5. The summed E-state index contributed by atoms with van der Waals surface area (Å²) < 4.78 is 14.6. The number of nitrogens with zero attached hydrogens (tertiary/aromatic N) is 3. The Kier molecular flexibility index (Phi) is 4.79. The molecule has 2 bridgehead atoms. The number of nitrogen functional groups attached to an aromatic ring is 1. The third-order valence-corrected chi connectivity index (χ3v) is 7.46. The first-order chi connectivity index (χ1) is 16.0. The van der Waals surface area contributed by atoms with Crippen LogP contribution in [0.15, 0.2) is 36.8 Å². The smallest absolute Gasteiger partial charge is 0.217 e. The molecule has 6 rings (SSSR count). The molecule has 172 valence electrons. The summed E-state index contributed by atoms with van der Waals surface area (Å²) in [5.74, 6) is 1.30. The van der Waals surface area contributed by atoms with Gasteiger partial charge in [-0.2, -0.15) is 0 Å². The summed E-state index contributed by atoms with van der Waals surface area (Å²) in [6.45, 7) is 2.15. The second-order valence-corrected chi connectivity index (χ2v) is 9.75. The molecule has 2 aliphatic heterocycles. The van der Waals surface area contributed by atoms with Gasteiger partial charge in [0.15, 0.2) is 0 Å². The van der Waals surface area contributed by atoms with Crippen LogP contribution in [0.3, 0.4) is 0 Å². The summed E-state index contributed by atoms with van der Waals surface area (Å²) in [5.41, 5.74) is 9.04. The Morgan fingerprint density at radius 2 is 2.12 bits per heavy atom. The highest BCUT2D eigenvalue weighted by atomic mass is 16.6. The lowest BCUT2D eigenvalue weighted by Crippen LogP contribution is -2.44. The van der Waals surface area contributed by atoms with Gasteiger partial charge in [-0.1, -0.05) is 12.1 Å². The molecule has 8 nitrogen and oxygen atoms in total. The number of hydrogen-bond donors (Lipinski definition) is 2. The van der Waals surface area contributed by atoms with Crippen LogP contribution in [-0.2, 0) is 9.53 Å². The molecular weight excluding hydrogens is 418 g/mol. The third-order valence-electron chi connectivity index (χ3n) is 7.46. The van der Waals surface area contributed by atoms with E-state index >= 15 is 0 Å². The molecule has 3 fully saturated rings. The van der Waals surface area contributed by atoms with E-state index in [2.05, 4.69) is 38.2 Å². The van der Waals surface area contributed by atoms with Crippen LogP contribution in [0.5, 0.6) is 5.75 Å². The number of ether oxygens (including phenoxy) is 2. The number of anilines is 1. The van der Waals surface area contributed by atoms with Gasteiger partial charge in [0.05, 0.1) is 11.5 Å². The van der Waals surface area contributed by atoms with E-state index in [9.17, 15) is 4.79 Å². The predicted octanol–water partition coefficient (Wildman–Crippen LogP) is 3.61. The van der Waals surface area contributed by atoms with Gasteiger partial charge in [0, 0.05) is 30.8 Å². The average Bonchev–Trinajstić information content (AvgIpc) is 3.49. The first-order valence-electron chi connectivity index (χ1n) is 11.8. The Morgan fingerprint density at radius 1 is 1.30 bits per heavy atom. The Bertz CT molecular complexity index is 1210. The van der Waals surface area contributed by atoms with Gasteiger partial charge in [0.25, 0.3) is 0 Å². The maximum Gasteiger partial charge on any atom is 0.217 e. The molecule has 0 unspecified atom stereocenters. The molecule has 3 aromatic rings. The van der Waals surface area contributed by atoms with Gasteiger partial charge < -0.3 is 25.1 Å². The molecule has 0 radical (unpaired) electrons. The Morgan fingerprint density at radius 3 is 2.85 bits per heavy atom. The van der Waals surface area contributed by atoms with Gasteiger partial charge >= 0.3 is 0 Å². The van der Waals surface area contributed by atoms with E-state index < -0.39 is 0 Å². The van der Waals surface area contributed by atoms with Crippen LogP contribution >= 0.6 is 0 Å². The lowest BCUT2D eigenvalue weighted by atomic mass is 9.86. The van der Waals surface area contributed by atoms with Crippen LogP contribution in [0.4, 0.5) is 5.82 Å². The molecule has 0 atom stereocenters. The molecule has 2 aromatic heterocycles. The maximum absolute atomic E-state index is 11.4. The van der Waals surface area contributed by atoms with Crippen molar-refractivity contribution < 1.29 is 14.3 Å². The van der Waals surface area contributed by atoms with E-state index in [1.54, 1.807) is 6.92 Å². The maximum atomic E-state index is 11.4. The summed E-state index contributed by atoms with van der Waals surface area (Å²) in [4.78, 5) is 20.2. The molecule has 2 saturated heterocycles. The average molecular weight is 448 g/mol. The topological polar surface area (TPSA) is 104 Å². The fraction of sp³-hybridized carbons (Fsp3) is 0.480. The number of carbonyl (C=O) groups is 1. The SMILES string of the molecule is CC(=O)N[C@H]1C[C@@H](n2cc(-c3cccc(OCC45CCC(CC4)O5)c3)c3c(N)ncnc32)C1. The number of amides is 1. The Labute approximate surface area is 192 Å². The predicted molar refractivity (Wildman–Crippen MR) is 125 cm³/mol. The number of fused-ring (bicyclic) bond motifs is 3.